The minimum Gasteiger partial charge on any atom is -0.310 e. The van der Waals surface area contributed by atoms with E-state index in [4.69, 9.17) is 0 Å². The molecule has 0 unspecified atom stereocenters. The van der Waals surface area contributed by atoms with Crippen LogP contribution in [0.15, 0.2) is 237 Å². The van der Waals surface area contributed by atoms with Crippen molar-refractivity contribution in [3.8, 4) is 50.2 Å². The molecule has 2 heteroatoms. The van der Waals surface area contributed by atoms with Crippen LogP contribution in [0.3, 0.4) is 0 Å². The van der Waals surface area contributed by atoms with Gasteiger partial charge in [0.2, 0.25) is 0 Å². The van der Waals surface area contributed by atoms with Gasteiger partial charge in [-0.1, -0.05) is 182 Å². The van der Waals surface area contributed by atoms with Crippen molar-refractivity contribution < 1.29 is 0 Å². The molecule has 61 heavy (non-hydrogen) atoms. The smallest absolute Gasteiger partial charge is 0.0562 e. The molecule has 10 aromatic carbocycles. The lowest BCUT2D eigenvalue weighted by Crippen LogP contribution is -2.11. The number of aromatic nitrogens is 1. The van der Waals surface area contributed by atoms with Crippen molar-refractivity contribution in [1.82, 2.24) is 4.57 Å². The maximum absolute atomic E-state index is 2.45. The molecule has 1 heterocycles. The zero-order valence-electron chi connectivity index (χ0n) is 33.9. The van der Waals surface area contributed by atoms with Crippen LogP contribution >= 0.6 is 0 Å². The Kier molecular flexibility index (Phi) is 9.09. The predicted molar refractivity (Wildman–Crippen MR) is 259 cm³/mol. The lowest BCUT2D eigenvalue weighted by molar-refractivity contribution is 1.18. The van der Waals surface area contributed by atoms with Gasteiger partial charge in [0.05, 0.1) is 16.7 Å². The molecular weight excluding hydrogens is 737 g/mol. The van der Waals surface area contributed by atoms with E-state index in [0.717, 1.165) is 28.3 Å². The van der Waals surface area contributed by atoms with Crippen molar-refractivity contribution in [2.24, 2.45) is 0 Å². The Morgan fingerprint density at radius 1 is 0.361 bits per heavy atom. The van der Waals surface area contributed by atoms with Gasteiger partial charge in [-0.3, -0.25) is 0 Å². The number of fused-ring (bicyclic) bond motifs is 4. The fraction of sp³-hybridized carbons (Fsp3) is 0.0169. The molecule has 0 aliphatic carbocycles. The van der Waals surface area contributed by atoms with E-state index in [1.807, 2.05) is 0 Å². The first-order valence-electron chi connectivity index (χ1n) is 21.0. The first kappa shape index (κ1) is 36.2. The Bertz CT molecular complexity index is 3330. The summed E-state index contributed by atoms with van der Waals surface area (Å²) in [6.45, 7) is 2.22. The SMILES string of the molecule is Cc1cccc2c1c1ccc(N(c3ccc(-c4cc(-c5ccccc5)ccc4-c4ccccc4)cc3)c3ccc4ccccc4c3-c3ccccc3)cc1n2-c1ccccc1. The number of hydrogen-bond acceptors (Lipinski definition) is 1. The molecule has 0 spiro atoms. The highest BCUT2D eigenvalue weighted by Crippen LogP contribution is 2.47. The lowest BCUT2D eigenvalue weighted by atomic mass is 9.91. The summed E-state index contributed by atoms with van der Waals surface area (Å²) < 4.78 is 2.42. The molecule has 11 aromatic rings. The minimum atomic E-state index is 1.08. The Labute approximate surface area is 356 Å². The van der Waals surface area contributed by atoms with Gasteiger partial charge in [-0.05, 0) is 117 Å². The van der Waals surface area contributed by atoms with Crippen molar-refractivity contribution in [2.45, 2.75) is 6.92 Å². The van der Waals surface area contributed by atoms with Crippen molar-refractivity contribution in [1.29, 1.82) is 0 Å². The van der Waals surface area contributed by atoms with Gasteiger partial charge in [-0.2, -0.15) is 0 Å². The summed E-state index contributed by atoms with van der Waals surface area (Å²) in [6, 6.07) is 86.0. The van der Waals surface area contributed by atoms with Crippen LogP contribution in [-0.4, -0.2) is 4.57 Å². The third-order valence-electron chi connectivity index (χ3n) is 12.1. The van der Waals surface area contributed by atoms with Gasteiger partial charge in [0.25, 0.3) is 0 Å². The number of nitrogens with zero attached hydrogens (tertiary/aromatic N) is 2. The van der Waals surface area contributed by atoms with Crippen molar-refractivity contribution in [3.05, 3.63) is 242 Å². The van der Waals surface area contributed by atoms with Gasteiger partial charge in [0.15, 0.2) is 0 Å². The molecule has 0 saturated heterocycles. The van der Waals surface area contributed by atoms with Crippen molar-refractivity contribution in [3.63, 3.8) is 0 Å². The molecule has 0 radical (unpaired) electrons. The van der Waals surface area contributed by atoms with E-state index in [9.17, 15) is 0 Å². The lowest BCUT2D eigenvalue weighted by Gasteiger charge is -2.29. The molecule has 0 N–H and O–H groups in total. The summed E-state index contributed by atoms with van der Waals surface area (Å²) in [5.41, 5.74) is 17.6. The van der Waals surface area contributed by atoms with Gasteiger partial charge in [0, 0.05) is 33.4 Å². The Balaban J connectivity index is 1.15. The molecule has 0 aliphatic rings. The van der Waals surface area contributed by atoms with E-state index in [1.165, 1.54) is 77.1 Å². The third-order valence-corrected chi connectivity index (χ3v) is 12.1. The summed E-state index contributed by atoms with van der Waals surface area (Å²) in [5.74, 6) is 0. The second-order valence-corrected chi connectivity index (χ2v) is 15.8. The predicted octanol–water partition coefficient (Wildman–Crippen LogP) is 16.4. The molecule has 0 aliphatic heterocycles. The molecule has 1 aromatic heterocycles. The Morgan fingerprint density at radius 3 is 1.70 bits per heavy atom. The van der Waals surface area contributed by atoms with E-state index >= 15 is 0 Å². The molecule has 0 bridgehead atoms. The van der Waals surface area contributed by atoms with Crippen LogP contribution in [0.25, 0.3) is 82.8 Å². The molecule has 0 atom stereocenters. The summed E-state index contributed by atoms with van der Waals surface area (Å²) in [5, 5.41) is 4.95. The molecule has 0 saturated carbocycles. The van der Waals surface area contributed by atoms with E-state index in [2.05, 4.69) is 253 Å². The fourth-order valence-corrected chi connectivity index (χ4v) is 9.26. The molecule has 0 amide bonds. The molecule has 2 nitrogen and oxygen atoms in total. The second kappa shape index (κ2) is 15.3. The van der Waals surface area contributed by atoms with Gasteiger partial charge in [-0.25, -0.2) is 0 Å². The first-order chi connectivity index (χ1) is 30.2. The quantitative estimate of drug-likeness (QED) is 0.149. The fourth-order valence-electron chi connectivity index (χ4n) is 9.26. The monoisotopic (exact) mass is 778 g/mol. The highest BCUT2D eigenvalue weighted by molar-refractivity contribution is 6.12. The summed E-state index contributed by atoms with van der Waals surface area (Å²) in [6.07, 6.45) is 0. The summed E-state index contributed by atoms with van der Waals surface area (Å²) in [4.78, 5) is 2.45. The Hall–Kier alpha value is -7.94. The van der Waals surface area contributed by atoms with E-state index in [1.54, 1.807) is 0 Å². The highest BCUT2D eigenvalue weighted by Gasteiger charge is 2.22. The van der Waals surface area contributed by atoms with Crippen molar-refractivity contribution in [2.75, 3.05) is 4.90 Å². The van der Waals surface area contributed by atoms with Gasteiger partial charge in [0.1, 0.15) is 0 Å². The number of anilines is 3. The third kappa shape index (κ3) is 6.46. The zero-order chi connectivity index (χ0) is 40.7. The van der Waals surface area contributed by atoms with Crippen LogP contribution < -0.4 is 4.90 Å². The largest absolute Gasteiger partial charge is 0.310 e. The maximum atomic E-state index is 2.45. The number of para-hydroxylation sites is 1. The zero-order valence-corrected chi connectivity index (χ0v) is 33.9. The van der Waals surface area contributed by atoms with Crippen LogP contribution in [0.5, 0.6) is 0 Å². The average molecular weight is 779 g/mol. The second-order valence-electron chi connectivity index (χ2n) is 15.8. The number of rotatable bonds is 8. The van der Waals surface area contributed by atoms with Crippen LogP contribution in [0.2, 0.25) is 0 Å². The van der Waals surface area contributed by atoms with Gasteiger partial charge in [-0.15, -0.1) is 0 Å². The van der Waals surface area contributed by atoms with E-state index in [0.29, 0.717) is 0 Å². The first-order valence-corrected chi connectivity index (χ1v) is 21.0. The molecule has 288 valence electrons. The minimum absolute atomic E-state index is 1.08. The summed E-state index contributed by atoms with van der Waals surface area (Å²) >= 11 is 0. The summed E-state index contributed by atoms with van der Waals surface area (Å²) in [7, 11) is 0. The number of hydrogen-bond donors (Lipinski definition) is 0. The topological polar surface area (TPSA) is 8.17 Å². The van der Waals surface area contributed by atoms with Crippen LogP contribution in [0, 0.1) is 6.92 Å². The number of aryl methyl sites for hydroxylation is 1. The van der Waals surface area contributed by atoms with E-state index in [-0.39, 0.29) is 0 Å². The molecule has 11 rings (SSSR count). The number of benzene rings is 10. The average Bonchev–Trinajstić information content (AvgIpc) is 3.67. The molecule has 0 fully saturated rings. The van der Waals surface area contributed by atoms with Crippen LogP contribution in [-0.2, 0) is 0 Å². The standard InChI is InChI=1S/C59H42N2/c1-41-17-16-28-55-58(41)53-37-35-50(40-57(53)61(55)48-25-12-5-13-26-48)60(56-38-32-44-22-14-15-27-52(44)59(56)46-23-10-4-11-24-46)49-33-29-45(30-34-49)54-39-47(42-18-6-2-7-19-42)31-36-51(54)43-20-8-3-9-21-43/h2-40H,1H3. The molecular formula is C59H42N2. The highest BCUT2D eigenvalue weighted by atomic mass is 15.1. The van der Waals surface area contributed by atoms with E-state index < -0.39 is 0 Å². The maximum Gasteiger partial charge on any atom is 0.0562 e. The Morgan fingerprint density at radius 2 is 0.967 bits per heavy atom. The van der Waals surface area contributed by atoms with Crippen LogP contribution in [0.4, 0.5) is 17.1 Å². The van der Waals surface area contributed by atoms with Crippen LogP contribution in [0.1, 0.15) is 5.56 Å². The van der Waals surface area contributed by atoms with Gasteiger partial charge >= 0.3 is 0 Å². The normalized spacial score (nSPS) is 11.4. The van der Waals surface area contributed by atoms with Gasteiger partial charge < -0.3 is 9.47 Å². The van der Waals surface area contributed by atoms with Crippen molar-refractivity contribution >= 4 is 49.6 Å².